The summed E-state index contributed by atoms with van der Waals surface area (Å²) in [6.07, 6.45) is 5.56. The number of para-hydroxylation sites is 1. The smallest absolute Gasteiger partial charge is 0.262 e. The standard InChI is InChI=1S/C26H21FN4O2/c1-17-22(6-4-7-23(17)27)25(32)29-20-11-9-18(10-12-20)26(33)30-16-21-13-14-28-31(21)15-19-5-2-3-8-24(19)30/h2-14,16,28H,15H2,1H3,(H,29,32). The highest BCUT2D eigenvalue weighted by Crippen LogP contribution is 2.30. The lowest BCUT2D eigenvalue weighted by atomic mass is 10.1. The molecule has 0 bridgehead atoms. The number of halogens is 1. The maximum absolute atomic E-state index is 13.8. The van der Waals surface area contributed by atoms with Crippen molar-refractivity contribution in [2.24, 2.45) is 0 Å². The fraction of sp³-hybridized carbons (Fsp3) is 0.0769. The Hall–Kier alpha value is -4.39. The number of hydrogen-bond donors (Lipinski definition) is 2. The Kier molecular flexibility index (Phi) is 5.14. The quantitative estimate of drug-likeness (QED) is 0.619. The molecule has 0 radical (unpaired) electrons. The third-order valence-electron chi connectivity index (χ3n) is 5.76. The number of carbonyl (C=O) groups is 2. The predicted molar refractivity (Wildman–Crippen MR) is 125 cm³/mol. The number of anilines is 2. The van der Waals surface area contributed by atoms with Gasteiger partial charge in [0.1, 0.15) is 5.82 Å². The largest absolute Gasteiger partial charge is 0.322 e. The van der Waals surface area contributed by atoms with Crippen molar-refractivity contribution in [3.8, 4) is 0 Å². The van der Waals surface area contributed by atoms with Gasteiger partial charge < -0.3 is 10.7 Å². The van der Waals surface area contributed by atoms with Gasteiger partial charge in [-0.2, -0.15) is 0 Å². The molecule has 0 unspecified atom stereocenters. The SMILES string of the molecule is Cc1c(F)cccc1C(=O)Nc1ccc(C(=O)N2C=C3C=CNN3Cc3ccccc32)cc1. The maximum atomic E-state index is 13.8. The van der Waals surface area contributed by atoms with Crippen LogP contribution in [0.2, 0.25) is 0 Å². The van der Waals surface area contributed by atoms with Crippen molar-refractivity contribution in [3.63, 3.8) is 0 Å². The second-order valence-electron chi connectivity index (χ2n) is 7.85. The minimum absolute atomic E-state index is 0.184. The van der Waals surface area contributed by atoms with E-state index in [0.29, 0.717) is 23.4 Å². The first-order valence-electron chi connectivity index (χ1n) is 10.5. The molecule has 6 nitrogen and oxygen atoms in total. The van der Waals surface area contributed by atoms with E-state index in [2.05, 4.69) is 10.7 Å². The molecule has 2 heterocycles. The number of amides is 2. The van der Waals surface area contributed by atoms with E-state index < -0.39 is 11.7 Å². The van der Waals surface area contributed by atoms with Gasteiger partial charge in [-0.1, -0.05) is 24.3 Å². The van der Waals surface area contributed by atoms with E-state index in [4.69, 9.17) is 0 Å². The van der Waals surface area contributed by atoms with Crippen molar-refractivity contribution in [1.29, 1.82) is 0 Å². The van der Waals surface area contributed by atoms with E-state index >= 15 is 0 Å². The number of carbonyl (C=O) groups excluding carboxylic acids is 2. The van der Waals surface area contributed by atoms with Crippen molar-refractivity contribution in [1.82, 2.24) is 10.4 Å². The number of fused-ring (bicyclic) bond motifs is 2. The van der Waals surface area contributed by atoms with Gasteiger partial charge in [0, 0.05) is 29.2 Å². The second kappa shape index (κ2) is 8.27. The molecule has 0 fully saturated rings. The van der Waals surface area contributed by atoms with Crippen molar-refractivity contribution in [2.75, 3.05) is 10.2 Å². The van der Waals surface area contributed by atoms with Crippen LogP contribution in [0.1, 0.15) is 31.8 Å². The average Bonchev–Trinajstić information content (AvgIpc) is 3.20. The van der Waals surface area contributed by atoms with Gasteiger partial charge in [-0.25, -0.2) is 4.39 Å². The monoisotopic (exact) mass is 440 g/mol. The summed E-state index contributed by atoms with van der Waals surface area (Å²) in [7, 11) is 0. The lowest BCUT2D eigenvalue weighted by Crippen LogP contribution is -2.27. The molecule has 0 aliphatic carbocycles. The minimum atomic E-state index is -0.429. The van der Waals surface area contributed by atoms with Gasteiger partial charge in [0.05, 0.1) is 17.9 Å². The third kappa shape index (κ3) is 3.85. The summed E-state index contributed by atoms with van der Waals surface area (Å²) in [6, 6.07) is 18.9. The highest BCUT2D eigenvalue weighted by atomic mass is 19.1. The van der Waals surface area contributed by atoms with E-state index in [-0.39, 0.29) is 11.5 Å². The van der Waals surface area contributed by atoms with Crippen LogP contribution in [0, 0.1) is 12.7 Å². The Labute approximate surface area is 190 Å². The summed E-state index contributed by atoms with van der Waals surface area (Å²) in [6.45, 7) is 2.19. The lowest BCUT2D eigenvalue weighted by molar-refractivity contribution is 0.0995. The van der Waals surface area contributed by atoms with Gasteiger partial charge in [0.15, 0.2) is 0 Å². The molecule has 3 aromatic carbocycles. The molecule has 2 aliphatic rings. The molecule has 0 saturated heterocycles. The molecule has 0 saturated carbocycles. The molecule has 0 aromatic heterocycles. The van der Waals surface area contributed by atoms with Crippen LogP contribution in [-0.4, -0.2) is 16.8 Å². The van der Waals surface area contributed by atoms with Crippen LogP contribution in [-0.2, 0) is 6.54 Å². The molecule has 33 heavy (non-hydrogen) atoms. The van der Waals surface area contributed by atoms with Gasteiger partial charge in [-0.15, -0.1) is 0 Å². The number of hydrogen-bond acceptors (Lipinski definition) is 4. The van der Waals surface area contributed by atoms with Gasteiger partial charge in [0.2, 0.25) is 0 Å². The summed E-state index contributed by atoms with van der Waals surface area (Å²) < 4.78 is 13.8. The number of rotatable bonds is 3. The van der Waals surface area contributed by atoms with E-state index in [1.165, 1.54) is 12.1 Å². The van der Waals surface area contributed by atoms with Crippen LogP contribution in [0.15, 0.2) is 90.9 Å². The number of allylic oxidation sites excluding steroid dienone is 1. The molecule has 0 spiro atoms. The second-order valence-corrected chi connectivity index (χ2v) is 7.85. The van der Waals surface area contributed by atoms with Crippen molar-refractivity contribution >= 4 is 23.2 Å². The molecule has 2 aliphatic heterocycles. The van der Waals surface area contributed by atoms with Crippen LogP contribution in [0.3, 0.4) is 0 Å². The Morgan fingerprint density at radius 1 is 1.00 bits per heavy atom. The number of nitrogens with zero attached hydrogens (tertiary/aromatic N) is 2. The Balaban J connectivity index is 1.39. The Morgan fingerprint density at radius 2 is 1.79 bits per heavy atom. The Morgan fingerprint density at radius 3 is 2.61 bits per heavy atom. The van der Waals surface area contributed by atoms with Crippen LogP contribution < -0.4 is 15.6 Å². The zero-order chi connectivity index (χ0) is 22.9. The summed E-state index contributed by atoms with van der Waals surface area (Å²) in [5.41, 5.74) is 7.44. The van der Waals surface area contributed by atoms with Crippen LogP contribution in [0.25, 0.3) is 0 Å². The minimum Gasteiger partial charge on any atom is -0.322 e. The van der Waals surface area contributed by atoms with Crippen molar-refractivity contribution in [2.45, 2.75) is 13.5 Å². The van der Waals surface area contributed by atoms with Gasteiger partial charge >= 0.3 is 0 Å². The summed E-state index contributed by atoms with van der Waals surface area (Å²) in [5, 5.41) is 4.73. The number of benzene rings is 3. The summed E-state index contributed by atoms with van der Waals surface area (Å²) >= 11 is 0. The van der Waals surface area contributed by atoms with Crippen LogP contribution in [0.4, 0.5) is 15.8 Å². The van der Waals surface area contributed by atoms with E-state index in [1.807, 2.05) is 47.8 Å². The molecule has 5 rings (SSSR count). The summed E-state index contributed by atoms with van der Waals surface area (Å²) in [5.74, 6) is -1.02. The van der Waals surface area contributed by atoms with Crippen molar-refractivity contribution in [3.05, 3.63) is 119 Å². The summed E-state index contributed by atoms with van der Waals surface area (Å²) in [4.78, 5) is 27.6. The fourth-order valence-corrected chi connectivity index (χ4v) is 3.93. The lowest BCUT2D eigenvalue weighted by Gasteiger charge is -2.20. The molecule has 3 aromatic rings. The van der Waals surface area contributed by atoms with E-state index in [1.54, 1.807) is 42.2 Å². The van der Waals surface area contributed by atoms with E-state index in [9.17, 15) is 14.0 Å². The van der Waals surface area contributed by atoms with Gasteiger partial charge in [-0.05, 0) is 66.6 Å². The topological polar surface area (TPSA) is 64.7 Å². The normalized spacial score (nSPS) is 14.1. The average molecular weight is 440 g/mol. The number of nitrogens with one attached hydrogen (secondary N) is 2. The van der Waals surface area contributed by atoms with Gasteiger partial charge in [-0.3, -0.25) is 19.5 Å². The van der Waals surface area contributed by atoms with Crippen LogP contribution >= 0.6 is 0 Å². The van der Waals surface area contributed by atoms with Gasteiger partial charge in [0.25, 0.3) is 11.8 Å². The molecular formula is C26H21FN4O2. The Bertz CT molecular complexity index is 1310. The molecule has 7 heteroatoms. The van der Waals surface area contributed by atoms with Crippen molar-refractivity contribution < 1.29 is 14.0 Å². The van der Waals surface area contributed by atoms with E-state index in [0.717, 1.165) is 16.9 Å². The molecular weight excluding hydrogens is 419 g/mol. The molecule has 2 amide bonds. The third-order valence-corrected chi connectivity index (χ3v) is 5.76. The maximum Gasteiger partial charge on any atom is 0.262 e. The highest BCUT2D eigenvalue weighted by Gasteiger charge is 2.26. The zero-order valence-electron chi connectivity index (χ0n) is 17.9. The predicted octanol–water partition coefficient (Wildman–Crippen LogP) is 4.72. The molecule has 164 valence electrons. The van der Waals surface area contributed by atoms with Crippen LogP contribution in [0.5, 0.6) is 0 Å². The first-order chi connectivity index (χ1) is 16.0. The highest BCUT2D eigenvalue weighted by molar-refractivity contribution is 6.09. The molecule has 2 N–H and O–H groups in total. The molecule has 0 atom stereocenters. The zero-order valence-corrected chi connectivity index (χ0v) is 17.9. The number of hydrazine groups is 1. The first kappa shape index (κ1) is 20.5. The first-order valence-corrected chi connectivity index (χ1v) is 10.5. The fourth-order valence-electron chi connectivity index (χ4n) is 3.93.